The van der Waals surface area contributed by atoms with Crippen LogP contribution in [0.3, 0.4) is 0 Å². The summed E-state index contributed by atoms with van der Waals surface area (Å²) in [4.78, 5) is 8.06. The summed E-state index contributed by atoms with van der Waals surface area (Å²) in [6.07, 6.45) is 2.27. The molecular weight excluding hydrogens is 258 g/mol. The molecule has 0 spiro atoms. The molecule has 0 amide bonds. The van der Waals surface area contributed by atoms with E-state index >= 15 is 0 Å². The zero-order chi connectivity index (χ0) is 13.2. The van der Waals surface area contributed by atoms with E-state index in [1.165, 1.54) is 6.20 Å². The Labute approximate surface area is 112 Å². The Morgan fingerprint density at radius 3 is 2.83 bits per heavy atom. The van der Waals surface area contributed by atoms with Gasteiger partial charge in [0.2, 0.25) is 11.8 Å². The Morgan fingerprint density at radius 2 is 2.11 bits per heavy atom. The molecule has 0 aliphatic rings. The van der Waals surface area contributed by atoms with Crippen molar-refractivity contribution in [1.82, 2.24) is 9.97 Å². The van der Waals surface area contributed by atoms with E-state index in [-0.39, 0.29) is 0 Å². The Morgan fingerprint density at radius 1 is 1.28 bits per heavy atom. The standard InChI is InChI=1S/C11H18ClN3O3/c1-13-11-14-8-9(12)10(15-11)18-5-3-4-17-7-6-16-2/h8H,3-7H2,1-2H3,(H,13,14,15). The van der Waals surface area contributed by atoms with Crippen LogP contribution in [0.1, 0.15) is 6.42 Å². The normalized spacial score (nSPS) is 10.4. The predicted molar refractivity (Wildman–Crippen MR) is 69.4 cm³/mol. The summed E-state index contributed by atoms with van der Waals surface area (Å²) < 4.78 is 15.6. The third kappa shape index (κ3) is 5.48. The number of hydrogen-bond acceptors (Lipinski definition) is 6. The number of nitrogens with one attached hydrogen (secondary N) is 1. The fourth-order valence-corrected chi connectivity index (χ4v) is 1.29. The number of ether oxygens (including phenoxy) is 3. The van der Waals surface area contributed by atoms with Crippen molar-refractivity contribution in [2.75, 3.05) is 45.9 Å². The van der Waals surface area contributed by atoms with Gasteiger partial charge < -0.3 is 19.5 Å². The fraction of sp³-hybridized carbons (Fsp3) is 0.636. The monoisotopic (exact) mass is 275 g/mol. The van der Waals surface area contributed by atoms with Gasteiger partial charge in [0.1, 0.15) is 5.02 Å². The maximum absolute atomic E-state index is 5.91. The highest BCUT2D eigenvalue weighted by Gasteiger charge is 2.05. The van der Waals surface area contributed by atoms with E-state index < -0.39 is 0 Å². The third-order valence-corrected chi connectivity index (χ3v) is 2.30. The number of halogens is 1. The quantitative estimate of drug-likeness (QED) is 0.691. The number of rotatable bonds is 9. The van der Waals surface area contributed by atoms with Crippen molar-refractivity contribution in [3.63, 3.8) is 0 Å². The number of methoxy groups -OCH3 is 1. The van der Waals surface area contributed by atoms with Crippen LogP contribution in [-0.2, 0) is 9.47 Å². The first-order valence-electron chi connectivity index (χ1n) is 5.67. The Bertz CT molecular complexity index is 352. The van der Waals surface area contributed by atoms with Crippen molar-refractivity contribution in [3.05, 3.63) is 11.2 Å². The molecule has 0 fully saturated rings. The number of anilines is 1. The maximum atomic E-state index is 5.91. The van der Waals surface area contributed by atoms with Gasteiger partial charge >= 0.3 is 0 Å². The minimum absolute atomic E-state index is 0.382. The summed E-state index contributed by atoms with van der Waals surface area (Å²) in [7, 11) is 3.37. The molecule has 1 N–H and O–H groups in total. The van der Waals surface area contributed by atoms with Crippen LogP contribution in [0.4, 0.5) is 5.95 Å². The van der Waals surface area contributed by atoms with Crippen LogP contribution in [-0.4, -0.2) is 50.6 Å². The van der Waals surface area contributed by atoms with Gasteiger partial charge in [0.25, 0.3) is 0 Å². The van der Waals surface area contributed by atoms with Crippen molar-refractivity contribution < 1.29 is 14.2 Å². The van der Waals surface area contributed by atoms with Crippen LogP contribution >= 0.6 is 11.6 Å². The lowest BCUT2D eigenvalue weighted by Crippen LogP contribution is -2.08. The molecule has 0 aliphatic carbocycles. The molecule has 1 aromatic rings. The van der Waals surface area contributed by atoms with E-state index in [1.807, 2.05) is 0 Å². The molecule has 0 unspecified atom stereocenters. The largest absolute Gasteiger partial charge is 0.476 e. The van der Waals surface area contributed by atoms with Crippen LogP contribution in [0.15, 0.2) is 6.20 Å². The Kier molecular flexibility index (Phi) is 7.40. The summed E-state index contributed by atoms with van der Waals surface area (Å²) in [5.74, 6) is 0.860. The number of nitrogens with zero attached hydrogens (tertiary/aromatic N) is 2. The van der Waals surface area contributed by atoms with Crippen LogP contribution in [0.25, 0.3) is 0 Å². The molecule has 18 heavy (non-hydrogen) atoms. The molecule has 102 valence electrons. The number of aromatic nitrogens is 2. The lowest BCUT2D eigenvalue weighted by atomic mass is 10.5. The molecule has 7 heteroatoms. The maximum Gasteiger partial charge on any atom is 0.237 e. The molecule has 0 bridgehead atoms. The van der Waals surface area contributed by atoms with E-state index in [9.17, 15) is 0 Å². The lowest BCUT2D eigenvalue weighted by molar-refractivity contribution is 0.0642. The summed E-state index contributed by atoms with van der Waals surface area (Å²) in [6, 6.07) is 0. The van der Waals surface area contributed by atoms with Crippen LogP contribution in [0.2, 0.25) is 5.02 Å². The highest BCUT2D eigenvalue weighted by Crippen LogP contribution is 2.21. The second-order valence-electron chi connectivity index (χ2n) is 3.40. The molecule has 0 aliphatic heterocycles. The predicted octanol–water partition coefficient (Wildman–Crippen LogP) is 1.60. The molecule has 6 nitrogen and oxygen atoms in total. The second-order valence-corrected chi connectivity index (χ2v) is 3.81. The average Bonchev–Trinajstić information content (AvgIpc) is 2.39. The van der Waals surface area contributed by atoms with Gasteiger partial charge in [-0.3, -0.25) is 0 Å². The fourth-order valence-electron chi connectivity index (χ4n) is 1.15. The molecule has 0 aromatic carbocycles. The van der Waals surface area contributed by atoms with Gasteiger partial charge in [-0.25, -0.2) is 4.98 Å². The molecule has 1 rings (SSSR count). The first kappa shape index (κ1) is 14.9. The van der Waals surface area contributed by atoms with Crippen molar-refractivity contribution in [1.29, 1.82) is 0 Å². The van der Waals surface area contributed by atoms with Gasteiger partial charge in [0, 0.05) is 27.2 Å². The summed E-state index contributed by atoms with van der Waals surface area (Å²) in [5.41, 5.74) is 0. The average molecular weight is 276 g/mol. The molecule has 0 atom stereocenters. The van der Waals surface area contributed by atoms with Gasteiger partial charge in [0.15, 0.2) is 0 Å². The van der Waals surface area contributed by atoms with Crippen LogP contribution in [0.5, 0.6) is 5.88 Å². The molecule has 0 saturated carbocycles. The van der Waals surface area contributed by atoms with Gasteiger partial charge in [-0.15, -0.1) is 0 Å². The summed E-state index contributed by atoms with van der Waals surface area (Å²) in [5, 5.41) is 3.22. The van der Waals surface area contributed by atoms with Crippen molar-refractivity contribution in [2.24, 2.45) is 0 Å². The van der Waals surface area contributed by atoms with E-state index in [0.717, 1.165) is 6.42 Å². The van der Waals surface area contributed by atoms with Gasteiger partial charge in [0.05, 0.1) is 26.0 Å². The minimum Gasteiger partial charge on any atom is -0.476 e. The highest BCUT2D eigenvalue weighted by atomic mass is 35.5. The van der Waals surface area contributed by atoms with E-state index in [0.29, 0.717) is 43.3 Å². The minimum atomic E-state index is 0.382. The van der Waals surface area contributed by atoms with Crippen molar-refractivity contribution in [3.8, 4) is 5.88 Å². The smallest absolute Gasteiger partial charge is 0.237 e. The van der Waals surface area contributed by atoms with Gasteiger partial charge in [-0.2, -0.15) is 4.98 Å². The zero-order valence-electron chi connectivity index (χ0n) is 10.6. The summed E-state index contributed by atoms with van der Waals surface area (Å²) in [6.45, 7) is 2.30. The topological polar surface area (TPSA) is 65.5 Å². The van der Waals surface area contributed by atoms with Crippen molar-refractivity contribution >= 4 is 17.5 Å². The summed E-state index contributed by atoms with van der Waals surface area (Å²) >= 11 is 5.91. The molecule has 1 aromatic heterocycles. The Hall–Kier alpha value is -1.11. The third-order valence-electron chi connectivity index (χ3n) is 2.04. The zero-order valence-corrected chi connectivity index (χ0v) is 11.4. The molecular formula is C11H18ClN3O3. The molecule has 0 saturated heterocycles. The van der Waals surface area contributed by atoms with Crippen LogP contribution in [0, 0.1) is 0 Å². The SMILES string of the molecule is CNc1ncc(Cl)c(OCCCOCCOC)n1. The second kappa shape index (κ2) is 8.91. The van der Waals surface area contributed by atoms with Gasteiger partial charge in [-0.05, 0) is 0 Å². The first-order valence-corrected chi connectivity index (χ1v) is 6.05. The first-order chi connectivity index (χ1) is 8.77. The molecule has 1 heterocycles. The van der Waals surface area contributed by atoms with Crippen molar-refractivity contribution in [2.45, 2.75) is 6.42 Å². The van der Waals surface area contributed by atoms with Gasteiger partial charge in [-0.1, -0.05) is 11.6 Å². The van der Waals surface area contributed by atoms with E-state index in [1.54, 1.807) is 14.2 Å². The highest BCUT2D eigenvalue weighted by molar-refractivity contribution is 6.31. The Balaban J connectivity index is 2.22. The number of hydrogen-bond donors (Lipinski definition) is 1. The van der Waals surface area contributed by atoms with E-state index in [4.69, 9.17) is 25.8 Å². The lowest BCUT2D eigenvalue weighted by Gasteiger charge is -2.08. The van der Waals surface area contributed by atoms with Crippen LogP contribution < -0.4 is 10.1 Å². The van der Waals surface area contributed by atoms with E-state index in [2.05, 4.69) is 15.3 Å². The molecule has 0 radical (unpaired) electrons.